The molecule has 4 heteroatoms. The van der Waals surface area contributed by atoms with Crippen LogP contribution in [0.2, 0.25) is 5.02 Å². The summed E-state index contributed by atoms with van der Waals surface area (Å²) < 4.78 is 0. The number of thiophene rings is 1. The van der Waals surface area contributed by atoms with Crippen molar-refractivity contribution in [2.24, 2.45) is 0 Å². The van der Waals surface area contributed by atoms with Gasteiger partial charge in [-0.1, -0.05) is 11.6 Å². The number of hydrogen-bond donors (Lipinski definition) is 2. The van der Waals surface area contributed by atoms with Gasteiger partial charge in [0.1, 0.15) is 0 Å². The van der Waals surface area contributed by atoms with Crippen LogP contribution in [0.1, 0.15) is 18.7 Å². The number of rotatable bonds is 4. The SMILES string of the molecule is CC(C)(O)CNCc1cc(Cl)cs1. The molecule has 2 N–H and O–H groups in total. The summed E-state index contributed by atoms with van der Waals surface area (Å²) in [6, 6.07) is 1.93. The zero-order chi connectivity index (χ0) is 9.90. The molecule has 1 aromatic rings. The van der Waals surface area contributed by atoms with Crippen molar-refractivity contribution in [3.63, 3.8) is 0 Å². The van der Waals surface area contributed by atoms with Crippen molar-refractivity contribution >= 4 is 22.9 Å². The predicted octanol–water partition coefficient (Wildman–Crippen LogP) is 2.26. The largest absolute Gasteiger partial charge is 0.389 e. The van der Waals surface area contributed by atoms with Crippen LogP contribution in [-0.2, 0) is 6.54 Å². The van der Waals surface area contributed by atoms with Gasteiger partial charge in [-0.3, -0.25) is 0 Å². The third-order valence-electron chi connectivity index (χ3n) is 1.48. The summed E-state index contributed by atoms with van der Waals surface area (Å²) in [5.41, 5.74) is -0.652. The summed E-state index contributed by atoms with van der Waals surface area (Å²) in [5, 5.41) is 15.3. The topological polar surface area (TPSA) is 32.3 Å². The van der Waals surface area contributed by atoms with Crippen LogP contribution >= 0.6 is 22.9 Å². The van der Waals surface area contributed by atoms with Crippen LogP contribution in [0.15, 0.2) is 11.4 Å². The number of nitrogens with one attached hydrogen (secondary N) is 1. The van der Waals surface area contributed by atoms with E-state index < -0.39 is 5.60 Å². The lowest BCUT2D eigenvalue weighted by atomic mass is 10.1. The maximum atomic E-state index is 9.42. The van der Waals surface area contributed by atoms with E-state index in [9.17, 15) is 5.11 Å². The molecular weight excluding hydrogens is 206 g/mol. The van der Waals surface area contributed by atoms with Crippen molar-refractivity contribution in [3.8, 4) is 0 Å². The Labute approximate surface area is 87.5 Å². The fourth-order valence-corrected chi connectivity index (χ4v) is 1.98. The Kier molecular flexibility index (Phi) is 3.74. The first-order valence-corrected chi connectivity index (χ1v) is 5.39. The van der Waals surface area contributed by atoms with Crippen LogP contribution < -0.4 is 5.32 Å². The molecule has 1 rings (SSSR count). The van der Waals surface area contributed by atoms with Crippen molar-refractivity contribution in [3.05, 3.63) is 21.3 Å². The van der Waals surface area contributed by atoms with Crippen LogP contribution in [0, 0.1) is 0 Å². The van der Waals surface area contributed by atoms with Gasteiger partial charge in [-0.15, -0.1) is 11.3 Å². The summed E-state index contributed by atoms with van der Waals surface area (Å²) >= 11 is 7.39. The Morgan fingerprint density at radius 1 is 1.62 bits per heavy atom. The van der Waals surface area contributed by atoms with Crippen molar-refractivity contribution in [1.29, 1.82) is 0 Å². The summed E-state index contributed by atoms with van der Waals surface area (Å²) in [5.74, 6) is 0. The highest BCUT2D eigenvalue weighted by atomic mass is 35.5. The molecule has 74 valence electrons. The first kappa shape index (κ1) is 11.0. The third kappa shape index (κ3) is 4.62. The molecule has 0 aromatic carbocycles. The van der Waals surface area contributed by atoms with Gasteiger partial charge in [0, 0.05) is 23.3 Å². The highest BCUT2D eigenvalue weighted by Crippen LogP contribution is 2.18. The Morgan fingerprint density at radius 3 is 2.77 bits per heavy atom. The molecule has 0 unspecified atom stereocenters. The molecule has 0 radical (unpaired) electrons. The van der Waals surface area contributed by atoms with E-state index in [1.807, 2.05) is 11.4 Å². The number of hydrogen-bond acceptors (Lipinski definition) is 3. The lowest BCUT2D eigenvalue weighted by molar-refractivity contribution is 0.0796. The van der Waals surface area contributed by atoms with Crippen LogP contribution in [-0.4, -0.2) is 17.3 Å². The lowest BCUT2D eigenvalue weighted by Gasteiger charge is -2.17. The highest BCUT2D eigenvalue weighted by Gasteiger charge is 2.11. The Hall–Kier alpha value is -0.0900. The molecule has 0 aliphatic heterocycles. The van der Waals surface area contributed by atoms with Crippen molar-refractivity contribution in [2.75, 3.05) is 6.54 Å². The molecule has 0 fully saturated rings. The summed E-state index contributed by atoms with van der Waals surface area (Å²) in [6.07, 6.45) is 0. The zero-order valence-corrected chi connectivity index (χ0v) is 9.37. The molecule has 0 spiro atoms. The third-order valence-corrected chi connectivity index (χ3v) is 2.76. The van der Waals surface area contributed by atoms with Crippen molar-refractivity contribution in [2.45, 2.75) is 26.0 Å². The van der Waals surface area contributed by atoms with E-state index in [2.05, 4.69) is 5.32 Å². The maximum Gasteiger partial charge on any atom is 0.0715 e. The van der Waals surface area contributed by atoms with Gasteiger partial charge in [0.25, 0.3) is 0 Å². The molecule has 0 atom stereocenters. The van der Waals surface area contributed by atoms with Gasteiger partial charge in [-0.05, 0) is 19.9 Å². The first-order chi connectivity index (χ1) is 5.97. The predicted molar refractivity (Wildman–Crippen MR) is 57.3 cm³/mol. The molecule has 0 saturated carbocycles. The van der Waals surface area contributed by atoms with Gasteiger partial charge in [0.05, 0.1) is 10.6 Å². The van der Waals surface area contributed by atoms with E-state index in [0.717, 1.165) is 11.6 Å². The van der Waals surface area contributed by atoms with E-state index >= 15 is 0 Å². The fraction of sp³-hybridized carbons (Fsp3) is 0.556. The molecule has 0 aliphatic carbocycles. The molecule has 2 nitrogen and oxygen atoms in total. The Bertz CT molecular complexity index is 267. The molecular formula is C9H14ClNOS. The Morgan fingerprint density at radius 2 is 2.31 bits per heavy atom. The van der Waals surface area contributed by atoms with Gasteiger partial charge < -0.3 is 10.4 Å². The van der Waals surface area contributed by atoms with E-state index in [0.29, 0.717) is 6.54 Å². The van der Waals surface area contributed by atoms with Gasteiger partial charge >= 0.3 is 0 Å². The normalized spacial score (nSPS) is 12.0. The van der Waals surface area contributed by atoms with Crippen molar-refractivity contribution in [1.82, 2.24) is 5.32 Å². The van der Waals surface area contributed by atoms with E-state index in [-0.39, 0.29) is 0 Å². The number of aliphatic hydroxyl groups is 1. The minimum atomic E-state index is -0.652. The van der Waals surface area contributed by atoms with Crippen LogP contribution in [0.25, 0.3) is 0 Å². The van der Waals surface area contributed by atoms with Crippen LogP contribution in [0.3, 0.4) is 0 Å². The summed E-state index contributed by atoms with van der Waals surface area (Å²) in [7, 11) is 0. The molecule has 0 aliphatic rings. The van der Waals surface area contributed by atoms with Crippen LogP contribution in [0.4, 0.5) is 0 Å². The second-order valence-corrected chi connectivity index (χ2v) is 5.08. The molecule has 13 heavy (non-hydrogen) atoms. The fourth-order valence-electron chi connectivity index (χ4n) is 0.938. The van der Waals surface area contributed by atoms with Gasteiger partial charge in [-0.25, -0.2) is 0 Å². The first-order valence-electron chi connectivity index (χ1n) is 4.13. The minimum absolute atomic E-state index is 0.586. The minimum Gasteiger partial charge on any atom is -0.389 e. The molecule has 1 heterocycles. The van der Waals surface area contributed by atoms with E-state index in [1.54, 1.807) is 25.2 Å². The van der Waals surface area contributed by atoms with Crippen molar-refractivity contribution < 1.29 is 5.11 Å². The van der Waals surface area contributed by atoms with E-state index in [1.165, 1.54) is 4.88 Å². The quantitative estimate of drug-likeness (QED) is 0.815. The van der Waals surface area contributed by atoms with Gasteiger partial charge in [0.2, 0.25) is 0 Å². The molecule has 0 saturated heterocycles. The summed E-state index contributed by atoms with van der Waals surface area (Å²) in [4.78, 5) is 1.19. The molecule has 1 aromatic heterocycles. The monoisotopic (exact) mass is 219 g/mol. The molecule has 0 amide bonds. The summed E-state index contributed by atoms with van der Waals surface area (Å²) in [6.45, 7) is 4.91. The van der Waals surface area contributed by atoms with Gasteiger partial charge in [-0.2, -0.15) is 0 Å². The van der Waals surface area contributed by atoms with E-state index in [4.69, 9.17) is 11.6 Å². The number of halogens is 1. The average Bonchev–Trinajstić information content (AvgIpc) is 2.33. The van der Waals surface area contributed by atoms with Crippen LogP contribution in [0.5, 0.6) is 0 Å². The standard InChI is InChI=1S/C9H14ClNOS/c1-9(2,12)6-11-4-8-3-7(10)5-13-8/h3,5,11-12H,4,6H2,1-2H3. The maximum absolute atomic E-state index is 9.42. The highest BCUT2D eigenvalue weighted by molar-refractivity contribution is 7.10. The second kappa shape index (κ2) is 4.42. The smallest absolute Gasteiger partial charge is 0.0715 e. The lowest BCUT2D eigenvalue weighted by Crippen LogP contribution is -2.34. The Balaban J connectivity index is 2.28. The second-order valence-electron chi connectivity index (χ2n) is 3.65. The molecule has 0 bridgehead atoms. The van der Waals surface area contributed by atoms with Gasteiger partial charge in [0.15, 0.2) is 0 Å². The zero-order valence-electron chi connectivity index (χ0n) is 7.80. The average molecular weight is 220 g/mol.